The first-order valence-electron chi connectivity index (χ1n) is 8.17. The van der Waals surface area contributed by atoms with Gasteiger partial charge in [-0.05, 0) is 30.7 Å². The van der Waals surface area contributed by atoms with Gasteiger partial charge in [0, 0.05) is 36.6 Å². The van der Waals surface area contributed by atoms with Gasteiger partial charge >= 0.3 is 6.29 Å². The molecule has 27 heavy (non-hydrogen) atoms. The zero-order chi connectivity index (χ0) is 19.0. The summed E-state index contributed by atoms with van der Waals surface area (Å²) in [6.45, 7) is 1.08. The monoisotopic (exact) mass is 393 g/mol. The van der Waals surface area contributed by atoms with Crippen molar-refractivity contribution in [1.29, 1.82) is 0 Å². The van der Waals surface area contributed by atoms with Gasteiger partial charge in [-0.1, -0.05) is 17.7 Å². The Morgan fingerprint density at radius 1 is 1.26 bits per heavy atom. The number of hydrogen-bond acceptors (Lipinski definition) is 5. The van der Waals surface area contributed by atoms with Crippen molar-refractivity contribution in [3.05, 3.63) is 53.2 Å². The number of carbonyl (C=O) groups is 1. The lowest BCUT2D eigenvalue weighted by molar-refractivity contribution is -0.286. The fourth-order valence-electron chi connectivity index (χ4n) is 2.92. The van der Waals surface area contributed by atoms with Crippen molar-refractivity contribution in [3.8, 4) is 11.5 Å². The third kappa shape index (κ3) is 3.66. The van der Waals surface area contributed by atoms with Crippen molar-refractivity contribution in [3.63, 3.8) is 0 Å². The van der Waals surface area contributed by atoms with Crippen LogP contribution in [0.3, 0.4) is 0 Å². The van der Waals surface area contributed by atoms with E-state index in [1.165, 1.54) is 18.2 Å². The first-order chi connectivity index (χ1) is 12.9. The number of rotatable bonds is 3. The highest BCUT2D eigenvalue weighted by Gasteiger charge is 2.43. The SMILES string of the molecule is O=C(Nc1ccc2c(c1)OC(F)(F)O2)C1=CCN(c2ncccc2Cl)CC1. The third-order valence-corrected chi connectivity index (χ3v) is 4.49. The molecule has 1 aromatic carbocycles. The molecule has 0 unspecified atom stereocenters. The van der Waals surface area contributed by atoms with E-state index in [1.807, 2.05) is 4.90 Å². The molecule has 1 N–H and O–H groups in total. The molecule has 0 saturated heterocycles. The van der Waals surface area contributed by atoms with Crippen LogP contribution < -0.4 is 19.7 Å². The Morgan fingerprint density at radius 3 is 2.81 bits per heavy atom. The number of pyridine rings is 1. The standard InChI is InChI=1S/C18H14ClF2N3O3/c19-13-2-1-7-22-16(13)24-8-5-11(6-9-24)17(25)23-12-3-4-14-15(10-12)27-18(20,21)26-14/h1-5,7,10H,6,8-9H2,(H,23,25). The number of anilines is 2. The second-order valence-corrected chi connectivity index (χ2v) is 6.42. The van der Waals surface area contributed by atoms with E-state index in [2.05, 4.69) is 19.8 Å². The molecule has 0 aliphatic carbocycles. The molecule has 0 radical (unpaired) electrons. The molecule has 0 spiro atoms. The average molecular weight is 394 g/mol. The van der Waals surface area contributed by atoms with Crippen LogP contribution in [-0.2, 0) is 4.79 Å². The average Bonchev–Trinajstić information content (AvgIpc) is 2.95. The van der Waals surface area contributed by atoms with Crippen LogP contribution in [0.25, 0.3) is 0 Å². The first-order valence-corrected chi connectivity index (χ1v) is 8.55. The van der Waals surface area contributed by atoms with Gasteiger partial charge in [-0.3, -0.25) is 4.79 Å². The Bertz CT molecular complexity index is 936. The van der Waals surface area contributed by atoms with E-state index < -0.39 is 6.29 Å². The number of hydrogen-bond donors (Lipinski definition) is 1. The lowest BCUT2D eigenvalue weighted by Crippen LogP contribution is -2.32. The minimum atomic E-state index is -3.69. The smallest absolute Gasteiger partial charge is 0.395 e. The van der Waals surface area contributed by atoms with Crippen molar-refractivity contribution in [2.45, 2.75) is 12.7 Å². The number of benzene rings is 1. The van der Waals surface area contributed by atoms with Crippen molar-refractivity contribution in [1.82, 2.24) is 4.98 Å². The molecule has 6 nitrogen and oxygen atoms in total. The van der Waals surface area contributed by atoms with Gasteiger partial charge in [-0.2, -0.15) is 0 Å². The number of carbonyl (C=O) groups excluding carboxylic acids is 1. The number of nitrogens with zero attached hydrogens (tertiary/aromatic N) is 2. The Hall–Kier alpha value is -2.87. The normalized spacial score (nSPS) is 17.4. The molecule has 2 aromatic rings. The lowest BCUT2D eigenvalue weighted by atomic mass is 10.1. The molecule has 1 aromatic heterocycles. The minimum absolute atomic E-state index is 0.0715. The van der Waals surface area contributed by atoms with E-state index in [-0.39, 0.29) is 17.4 Å². The summed E-state index contributed by atoms with van der Waals surface area (Å²) >= 11 is 6.15. The molecule has 3 heterocycles. The van der Waals surface area contributed by atoms with Gasteiger partial charge in [0.05, 0.1) is 5.02 Å². The number of ether oxygens (including phenoxy) is 2. The third-order valence-electron chi connectivity index (χ3n) is 4.20. The van der Waals surface area contributed by atoms with E-state index in [0.717, 1.165) is 0 Å². The fraction of sp³-hybridized carbons (Fsp3) is 0.222. The van der Waals surface area contributed by atoms with Gasteiger partial charge in [-0.25, -0.2) is 4.98 Å². The largest absolute Gasteiger partial charge is 0.586 e. The van der Waals surface area contributed by atoms with Gasteiger partial charge in [-0.15, -0.1) is 8.78 Å². The summed E-state index contributed by atoms with van der Waals surface area (Å²) in [6, 6.07) is 7.62. The first kappa shape index (κ1) is 17.5. The number of nitrogens with one attached hydrogen (secondary N) is 1. The van der Waals surface area contributed by atoms with Crippen LogP contribution in [0.2, 0.25) is 5.02 Å². The van der Waals surface area contributed by atoms with Crippen LogP contribution in [0.15, 0.2) is 48.2 Å². The summed E-state index contributed by atoms with van der Waals surface area (Å²) < 4.78 is 34.9. The van der Waals surface area contributed by atoms with Crippen LogP contribution in [0.5, 0.6) is 11.5 Å². The molecule has 2 aliphatic heterocycles. The summed E-state index contributed by atoms with van der Waals surface area (Å²) in [6.07, 6.45) is 0.274. The maximum Gasteiger partial charge on any atom is 0.586 e. The number of alkyl halides is 2. The maximum atomic E-state index is 13.1. The van der Waals surface area contributed by atoms with Crippen molar-refractivity contribution >= 4 is 29.0 Å². The van der Waals surface area contributed by atoms with Gasteiger partial charge in [0.15, 0.2) is 11.5 Å². The van der Waals surface area contributed by atoms with E-state index >= 15 is 0 Å². The summed E-state index contributed by atoms with van der Waals surface area (Å²) in [5.41, 5.74) is 0.942. The molecular weight excluding hydrogens is 380 g/mol. The van der Waals surface area contributed by atoms with Crippen LogP contribution in [0.4, 0.5) is 20.3 Å². The van der Waals surface area contributed by atoms with Gasteiger partial charge in [0.2, 0.25) is 0 Å². The molecule has 4 rings (SSSR count). The Labute approximate surface area is 158 Å². The second-order valence-electron chi connectivity index (χ2n) is 6.02. The van der Waals surface area contributed by atoms with Crippen molar-refractivity contribution < 1.29 is 23.0 Å². The maximum absolute atomic E-state index is 13.1. The number of amides is 1. The zero-order valence-corrected chi connectivity index (χ0v) is 14.7. The molecule has 2 aliphatic rings. The molecule has 0 bridgehead atoms. The highest BCUT2D eigenvalue weighted by molar-refractivity contribution is 6.32. The number of halogens is 3. The molecule has 1 amide bonds. The molecule has 0 fully saturated rings. The molecule has 0 saturated carbocycles. The van der Waals surface area contributed by atoms with Crippen LogP contribution >= 0.6 is 11.6 Å². The second kappa shape index (κ2) is 6.70. The predicted octanol–water partition coefficient (Wildman–Crippen LogP) is 3.83. The highest BCUT2D eigenvalue weighted by atomic mass is 35.5. The van der Waals surface area contributed by atoms with Crippen LogP contribution in [0, 0.1) is 0 Å². The Morgan fingerprint density at radius 2 is 2.07 bits per heavy atom. The Kier molecular flexibility index (Phi) is 4.35. The number of fused-ring (bicyclic) bond motifs is 1. The van der Waals surface area contributed by atoms with E-state index in [1.54, 1.807) is 24.4 Å². The molecular formula is C18H14ClF2N3O3. The van der Waals surface area contributed by atoms with Crippen LogP contribution in [0.1, 0.15) is 6.42 Å². The van der Waals surface area contributed by atoms with Gasteiger partial charge < -0.3 is 19.7 Å². The van der Waals surface area contributed by atoms with Crippen molar-refractivity contribution in [2.24, 2.45) is 0 Å². The minimum Gasteiger partial charge on any atom is -0.395 e. The van der Waals surface area contributed by atoms with E-state index in [4.69, 9.17) is 11.6 Å². The Balaban J connectivity index is 1.42. The van der Waals surface area contributed by atoms with E-state index in [0.29, 0.717) is 41.6 Å². The van der Waals surface area contributed by atoms with Gasteiger partial charge in [0.25, 0.3) is 5.91 Å². The number of aromatic nitrogens is 1. The quantitative estimate of drug-likeness (QED) is 0.858. The van der Waals surface area contributed by atoms with Gasteiger partial charge in [0.1, 0.15) is 5.82 Å². The fourth-order valence-corrected chi connectivity index (χ4v) is 3.16. The summed E-state index contributed by atoms with van der Waals surface area (Å²) in [5.74, 6) is 0.183. The van der Waals surface area contributed by atoms with Crippen molar-refractivity contribution in [2.75, 3.05) is 23.3 Å². The zero-order valence-electron chi connectivity index (χ0n) is 13.9. The predicted molar refractivity (Wildman–Crippen MR) is 95.4 cm³/mol. The molecule has 140 valence electrons. The molecule has 9 heteroatoms. The molecule has 0 atom stereocenters. The lowest BCUT2D eigenvalue weighted by Gasteiger charge is -2.27. The summed E-state index contributed by atoms with van der Waals surface area (Å²) in [4.78, 5) is 18.7. The summed E-state index contributed by atoms with van der Waals surface area (Å²) in [7, 11) is 0. The van der Waals surface area contributed by atoms with Crippen LogP contribution in [-0.4, -0.2) is 30.3 Å². The topological polar surface area (TPSA) is 63.7 Å². The summed E-state index contributed by atoms with van der Waals surface area (Å²) in [5, 5.41) is 3.24. The highest BCUT2D eigenvalue weighted by Crippen LogP contribution is 2.42. The van der Waals surface area contributed by atoms with E-state index in [9.17, 15) is 13.6 Å².